The molecular formula is C33H37N7O5S. The topological polar surface area (TPSA) is 143 Å². The van der Waals surface area contributed by atoms with Crippen LogP contribution in [0.2, 0.25) is 0 Å². The Labute approximate surface area is 268 Å². The normalized spacial score (nSPS) is 11.8. The number of aromatic nitrogens is 4. The summed E-state index contributed by atoms with van der Waals surface area (Å²) < 4.78 is 30.7. The first kappa shape index (κ1) is 32.2. The van der Waals surface area contributed by atoms with Crippen LogP contribution in [0.4, 0.5) is 39.6 Å². The number of benzene rings is 3. The largest absolute Gasteiger partial charge is 0.497 e. The highest BCUT2D eigenvalue weighted by molar-refractivity contribution is 7.89. The molecular weight excluding hydrogens is 606 g/mol. The Kier molecular flexibility index (Phi) is 8.63. The van der Waals surface area contributed by atoms with E-state index >= 15 is 0 Å². The summed E-state index contributed by atoms with van der Waals surface area (Å²) in [7, 11) is 2.06. The van der Waals surface area contributed by atoms with E-state index in [1.165, 1.54) is 11.2 Å². The number of rotatable bonds is 9. The highest BCUT2D eigenvalue weighted by Crippen LogP contribution is 2.39. The van der Waals surface area contributed by atoms with Gasteiger partial charge in [-0.05, 0) is 71.1 Å². The van der Waals surface area contributed by atoms with Crippen molar-refractivity contribution in [1.82, 2.24) is 19.5 Å². The summed E-state index contributed by atoms with van der Waals surface area (Å²) in [6, 6.07) is 19.9. The summed E-state index contributed by atoms with van der Waals surface area (Å²) >= 11 is 0. The van der Waals surface area contributed by atoms with Gasteiger partial charge in [0.25, 0.3) is 0 Å². The molecule has 2 heterocycles. The molecule has 5 rings (SSSR count). The predicted molar refractivity (Wildman–Crippen MR) is 181 cm³/mol. The second-order valence-corrected chi connectivity index (χ2v) is 14.2. The molecule has 46 heavy (non-hydrogen) atoms. The lowest BCUT2D eigenvalue weighted by atomic mass is 9.85. The minimum atomic E-state index is -3.17. The number of imidazole rings is 1. The van der Waals surface area contributed by atoms with E-state index < -0.39 is 15.9 Å². The van der Waals surface area contributed by atoms with E-state index in [1.54, 1.807) is 61.3 Å². The van der Waals surface area contributed by atoms with Gasteiger partial charge in [-0.25, -0.2) is 28.1 Å². The SMILES string of the molecule is COc1ccc(N(C(=O)O)c2nc3cc(N(C)c4ccnc(Nc5cccc(CS(C)(=O)=O)c5)n4)ccc3n2C)c(C(C)(C)C)c1. The van der Waals surface area contributed by atoms with Crippen LogP contribution in [-0.2, 0) is 28.1 Å². The zero-order valence-electron chi connectivity index (χ0n) is 26.8. The average Bonchev–Trinajstić information content (AvgIpc) is 3.30. The Balaban J connectivity index is 1.47. The number of amides is 1. The van der Waals surface area contributed by atoms with Gasteiger partial charge >= 0.3 is 6.09 Å². The van der Waals surface area contributed by atoms with Crippen LogP contribution in [0.15, 0.2) is 72.9 Å². The fourth-order valence-corrected chi connectivity index (χ4v) is 6.00. The van der Waals surface area contributed by atoms with Gasteiger partial charge in [0, 0.05) is 37.9 Å². The number of nitrogens with one attached hydrogen (secondary N) is 1. The maximum absolute atomic E-state index is 12.8. The van der Waals surface area contributed by atoms with Crippen molar-refractivity contribution in [2.45, 2.75) is 31.9 Å². The van der Waals surface area contributed by atoms with Crippen molar-refractivity contribution in [1.29, 1.82) is 0 Å². The zero-order chi connectivity index (χ0) is 33.4. The Morgan fingerprint density at radius 1 is 1.04 bits per heavy atom. The maximum Gasteiger partial charge on any atom is 0.418 e. The molecule has 0 aliphatic heterocycles. The molecule has 0 saturated heterocycles. The van der Waals surface area contributed by atoms with E-state index in [1.807, 2.05) is 63.1 Å². The molecule has 240 valence electrons. The summed E-state index contributed by atoms with van der Waals surface area (Å²) in [6.45, 7) is 6.06. The number of aryl methyl sites for hydroxylation is 1. The van der Waals surface area contributed by atoms with E-state index in [-0.39, 0.29) is 17.1 Å². The van der Waals surface area contributed by atoms with Crippen molar-refractivity contribution in [3.63, 3.8) is 0 Å². The first-order valence-electron chi connectivity index (χ1n) is 14.4. The van der Waals surface area contributed by atoms with Crippen LogP contribution in [0.25, 0.3) is 11.0 Å². The summed E-state index contributed by atoms with van der Waals surface area (Å²) in [6.07, 6.45) is 1.67. The van der Waals surface area contributed by atoms with Gasteiger partial charge in [-0.2, -0.15) is 4.98 Å². The molecule has 0 radical (unpaired) electrons. The van der Waals surface area contributed by atoms with Crippen LogP contribution in [0, 0.1) is 0 Å². The van der Waals surface area contributed by atoms with Crippen molar-refractivity contribution in [2.75, 3.05) is 35.5 Å². The molecule has 5 aromatic rings. The number of carboxylic acid groups (broad SMARTS) is 1. The molecule has 1 amide bonds. The third-order valence-electron chi connectivity index (χ3n) is 7.47. The minimum Gasteiger partial charge on any atom is -0.497 e. The van der Waals surface area contributed by atoms with Crippen molar-refractivity contribution in [3.8, 4) is 5.75 Å². The van der Waals surface area contributed by atoms with Crippen LogP contribution in [0.3, 0.4) is 0 Å². The van der Waals surface area contributed by atoms with E-state index in [9.17, 15) is 18.3 Å². The molecule has 0 bridgehead atoms. The number of sulfone groups is 1. The number of nitrogens with zero attached hydrogens (tertiary/aromatic N) is 6. The maximum atomic E-state index is 12.8. The summed E-state index contributed by atoms with van der Waals surface area (Å²) in [5.74, 6) is 1.77. The summed E-state index contributed by atoms with van der Waals surface area (Å²) in [4.78, 5) is 29.6. The number of carbonyl (C=O) groups is 1. The number of hydrogen-bond acceptors (Lipinski definition) is 9. The van der Waals surface area contributed by atoms with Crippen LogP contribution >= 0.6 is 0 Å². The van der Waals surface area contributed by atoms with Crippen LogP contribution in [0.1, 0.15) is 31.9 Å². The lowest BCUT2D eigenvalue weighted by Crippen LogP contribution is -2.29. The predicted octanol–water partition coefficient (Wildman–Crippen LogP) is 6.54. The van der Waals surface area contributed by atoms with Gasteiger partial charge in [-0.15, -0.1) is 0 Å². The molecule has 12 nitrogen and oxygen atoms in total. The third-order valence-corrected chi connectivity index (χ3v) is 8.33. The third kappa shape index (κ3) is 6.89. The van der Waals surface area contributed by atoms with Crippen molar-refractivity contribution in [2.24, 2.45) is 7.05 Å². The number of methoxy groups -OCH3 is 1. The molecule has 0 atom stereocenters. The molecule has 3 aromatic carbocycles. The molecule has 0 aliphatic carbocycles. The Hall–Kier alpha value is -5.17. The van der Waals surface area contributed by atoms with Gasteiger partial charge in [-0.3, -0.25) is 0 Å². The van der Waals surface area contributed by atoms with Gasteiger partial charge in [0.05, 0.1) is 29.6 Å². The van der Waals surface area contributed by atoms with Gasteiger partial charge < -0.3 is 24.6 Å². The first-order valence-corrected chi connectivity index (χ1v) is 16.5. The number of anilines is 6. The summed E-state index contributed by atoms with van der Waals surface area (Å²) in [5, 5.41) is 13.6. The van der Waals surface area contributed by atoms with Gasteiger partial charge in [-0.1, -0.05) is 32.9 Å². The lowest BCUT2D eigenvalue weighted by Gasteiger charge is -2.28. The molecule has 2 aromatic heterocycles. The zero-order valence-corrected chi connectivity index (χ0v) is 27.6. The second-order valence-electron chi connectivity index (χ2n) is 12.1. The second kappa shape index (κ2) is 12.3. The summed E-state index contributed by atoms with van der Waals surface area (Å²) in [5.41, 5.74) is 4.39. The van der Waals surface area contributed by atoms with Crippen LogP contribution in [0.5, 0.6) is 5.75 Å². The number of hydrogen-bond donors (Lipinski definition) is 2. The van der Waals surface area contributed by atoms with Gasteiger partial charge in [0.1, 0.15) is 11.6 Å². The molecule has 0 saturated carbocycles. The first-order chi connectivity index (χ1) is 21.6. The van der Waals surface area contributed by atoms with E-state index in [0.717, 1.165) is 16.8 Å². The highest BCUT2D eigenvalue weighted by atomic mass is 32.2. The highest BCUT2D eigenvalue weighted by Gasteiger charge is 2.29. The van der Waals surface area contributed by atoms with Gasteiger partial charge in [0.2, 0.25) is 11.9 Å². The van der Waals surface area contributed by atoms with Gasteiger partial charge in [0.15, 0.2) is 9.84 Å². The Morgan fingerprint density at radius 2 is 1.80 bits per heavy atom. The Morgan fingerprint density at radius 3 is 2.48 bits per heavy atom. The number of fused-ring (bicyclic) bond motifs is 1. The van der Waals surface area contributed by atoms with E-state index in [4.69, 9.17) is 9.72 Å². The minimum absolute atomic E-state index is 0.0636. The molecule has 0 unspecified atom stereocenters. The van der Waals surface area contributed by atoms with Crippen molar-refractivity contribution >= 4 is 61.7 Å². The monoisotopic (exact) mass is 643 g/mol. The van der Waals surface area contributed by atoms with E-state index in [0.29, 0.717) is 40.0 Å². The quantitative estimate of drug-likeness (QED) is 0.182. The Bertz CT molecular complexity index is 2040. The lowest BCUT2D eigenvalue weighted by molar-refractivity contribution is 0.204. The molecule has 0 spiro atoms. The molecule has 13 heteroatoms. The van der Waals surface area contributed by atoms with Crippen molar-refractivity contribution < 1.29 is 23.1 Å². The smallest absolute Gasteiger partial charge is 0.418 e. The molecule has 0 fully saturated rings. The average molecular weight is 644 g/mol. The standard InChI is InChI=1S/C33H37N7O5S/c1-33(2,3)25-19-24(45-6)12-14-27(25)40(32(41)42)31-36-26-18-23(11-13-28(26)39(31)5)38(4)29-15-16-34-30(37-29)35-22-10-8-9-21(17-22)20-46(7,43)44/h8-19H,20H2,1-7H3,(H,41,42)(H,34,35,37). The molecule has 0 aliphatic rings. The number of ether oxygens (including phenoxy) is 1. The molecule has 2 N–H and O–H groups in total. The van der Waals surface area contributed by atoms with Crippen LogP contribution < -0.4 is 19.9 Å². The van der Waals surface area contributed by atoms with E-state index in [2.05, 4.69) is 15.3 Å². The van der Waals surface area contributed by atoms with Crippen molar-refractivity contribution in [3.05, 3.63) is 84.1 Å². The fourth-order valence-electron chi connectivity index (χ4n) is 5.22. The fraction of sp³-hybridized carbons (Fsp3) is 0.273. The van der Waals surface area contributed by atoms with Crippen LogP contribution in [-0.4, -0.2) is 59.5 Å².